The number of imide groups is 1. The molecule has 1 heterocycles. The minimum atomic E-state index is -0.466. The highest BCUT2D eigenvalue weighted by Gasteiger charge is 2.61. The van der Waals surface area contributed by atoms with Gasteiger partial charge >= 0.3 is 5.97 Å². The van der Waals surface area contributed by atoms with Crippen LogP contribution in [-0.4, -0.2) is 17.8 Å². The summed E-state index contributed by atoms with van der Waals surface area (Å²) in [4.78, 5) is 38.1. The summed E-state index contributed by atoms with van der Waals surface area (Å²) >= 11 is 0. The molecule has 0 unspecified atom stereocenters. The maximum atomic E-state index is 12.8. The van der Waals surface area contributed by atoms with Crippen LogP contribution in [0, 0.1) is 23.7 Å². The van der Waals surface area contributed by atoms with Gasteiger partial charge in [-0.25, -0.2) is 4.90 Å². The number of hydrogen-bond acceptors (Lipinski definition) is 4. The maximum Gasteiger partial charge on any atom is 0.308 e. The van der Waals surface area contributed by atoms with Crippen LogP contribution in [0.5, 0.6) is 5.75 Å². The van der Waals surface area contributed by atoms with Gasteiger partial charge in [0.1, 0.15) is 0 Å². The number of amides is 2. The van der Waals surface area contributed by atoms with Crippen LogP contribution < -0.4 is 9.64 Å². The van der Waals surface area contributed by atoms with E-state index in [2.05, 4.69) is 0 Å². The second-order valence-electron chi connectivity index (χ2n) is 6.46. The molecule has 22 heavy (non-hydrogen) atoms. The number of rotatable bonds is 2. The third-order valence-electron chi connectivity index (χ3n) is 5.29. The quantitative estimate of drug-likeness (QED) is 0.477. The van der Waals surface area contributed by atoms with E-state index >= 15 is 0 Å². The summed E-state index contributed by atoms with van der Waals surface area (Å²) in [7, 11) is 0. The molecule has 1 saturated heterocycles. The van der Waals surface area contributed by atoms with Gasteiger partial charge in [-0.3, -0.25) is 14.4 Å². The van der Waals surface area contributed by atoms with Crippen molar-refractivity contribution in [3.63, 3.8) is 0 Å². The molecule has 114 valence electrons. The zero-order chi connectivity index (χ0) is 15.4. The van der Waals surface area contributed by atoms with E-state index < -0.39 is 5.97 Å². The number of carbonyl (C=O) groups is 3. The summed E-state index contributed by atoms with van der Waals surface area (Å²) in [6.07, 6.45) is 3.10. The second kappa shape index (κ2) is 4.66. The van der Waals surface area contributed by atoms with Gasteiger partial charge in [-0.15, -0.1) is 0 Å². The summed E-state index contributed by atoms with van der Waals surface area (Å²) in [5, 5.41) is 0. The molecule has 1 aliphatic heterocycles. The Balaban J connectivity index is 1.74. The number of fused-ring (bicyclic) bond motifs is 5. The third kappa shape index (κ3) is 1.74. The van der Waals surface area contributed by atoms with E-state index in [4.69, 9.17) is 4.74 Å². The smallest absolute Gasteiger partial charge is 0.308 e. The van der Waals surface area contributed by atoms with E-state index in [1.165, 1.54) is 11.8 Å². The first-order chi connectivity index (χ1) is 10.6. The highest BCUT2D eigenvalue weighted by molar-refractivity contribution is 6.23. The molecule has 2 bridgehead atoms. The molecule has 5 heteroatoms. The predicted octanol–water partition coefficient (Wildman–Crippen LogP) is 2.15. The van der Waals surface area contributed by atoms with Gasteiger partial charge in [-0.1, -0.05) is 12.1 Å². The molecule has 5 nitrogen and oxygen atoms in total. The van der Waals surface area contributed by atoms with Gasteiger partial charge in [0.15, 0.2) is 5.75 Å². The molecule has 0 aromatic heterocycles. The van der Waals surface area contributed by atoms with E-state index in [-0.39, 0.29) is 29.4 Å². The maximum absolute atomic E-state index is 12.8. The molecule has 0 spiro atoms. The monoisotopic (exact) mass is 299 g/mol. The fourth-order valence-corrected chi connectivity index (χ4v) is 4.53. The second-order valence-corrected chi connectivity index (χ2v) is 6.46. The van der Waals surface area contributed by atoms with Crippen molar-refractivity contribution in [2.75, 3.05) is 4.90 Å². The fraction of sp³-hybridized carbons (Fsp3) is 0.471. The van der Waals surface area contributed by atoms with Gasteiger partial charge in [0.25, 0.3) is 0 Å². The number of benzene rings is 1. The zero-order valence-corrected chi connectivity index (χ0v) is 12.3. The number of anilines is 1. The lowest BCUT2D eigenvalue weighted by molar-refractivity contribution is -0.132. The SMILES string of the molecule is CC(=O)Oc1ccccc1N1C(=O)[C@H]2[C@H]3CC[C@@H](C3)[C@@H]2C1=O. The lowest BCUT2D eigenvalue weighted by Gasteiger charge is -2.19. The number of para-hydroxylation sites is 2. The first-order valence-corrected chi connectivity index (χ1v) is 7.73. The Kier molecular flexibility index (Phi) is 2.86. The third-order valence-corrected chi connectivity index (χ3v) is 5.29. The van der Waals surface area contributed by atoms with E-state index in [1.807, 2.05) is 0 Å². The molecule has 1 aromatic carbocycles. The summed E-state index contributed by atoms with van der Waals surface area (Å²) in [5.41, 5.74) is 0.390. The van der Waals surface area contributed by atoms with Crippen LogP contribution in [-0.2, 0) is 14.4 Å². The van der Waals surface area contributed by atoms with Gasteiger partial charge in [0, 0.05) is 6.92 Å². The van der Waals surface area contributed by atoms with Crippen molar-refractivity contribution in [1.82, 2.24) is 0 Å². The molecule has 2 saturated carbocycles. The molecule has 3 fully saturated rings. The van der Waals surface area contributed by atoms with Crippen molar-refractivity contribution in [2.24, 2.45) is 23.7 Å². The van der Waals surface area contributed by atoms with Gasteiger partial charge in [0.2, 0.25) is 11.8 Å². The molecule has 3 aliphatic rings. The Morgan fingerprint density at radius 2 is 1.68 bits per heavy atom. The van der Waals surface area contributed by atoms with Crippen LogP contribution in [0.2, 0.25) is 0 Å². The van der Waals surface area contributed by atoms with Gasteiger partial charge in [0.05, 0.1) is 17.5 Å². The number of hydrogen-bond donors (Lipinski definition) is 0. The van der Waals surface area contributed by atoms with Crippen molar-refractivity contribution >= 4 is 23.5 Å². The summed E-state index contributed by atoms with van der Waals surface area (Å²) in [5.74, 6) is -0.0950. The summed E-state index contributed by atoms with van der Waals surface area (Å²) in [6, 6.07) is 6.74. The van der Waals surface area contributed by atoms with Gasteiger partial charge in [-0.05, 0) is 43.2 Å². The van der Waals surface area contributed by atoms with E-state index in [0.29, 0.717) is 17.5 Å². The molecule has 2 aliphatic carbocycles. The highest BCUT2D eigenvalue weighted by atomic mass is 16.5. The Labute approximate surface area is 128 Å². The fourth-order valence-electron chi connectivity index (χ4n) is 4.53. The lowest BCUT2D eigenvalue weighted by atomic mass is 9.81. The van der Waals surface area contributed by atoms with Crippen molar-refractivity contribution in [3.8, 4) is 5.75 Å². The molecular weight excluding hydrogens is 282 g/mol. The minimum absolute atomic E-state index is 0.123. The van der Waals surface area contributed by atoms with E-state index in [0.717, 1.165) is 19.3 Å². The Bertz CT molecular complexity index is 655. The standard InChI is InChI=1S/C17H17NO4/c1-9(19)22-13-5-3-2-4-12(13)18-16(20)14-10-6-7-11(8-10)15(14)17(18)21/h2-5,10-11,14-15H,6-8H2,1H3/t10-,11-,14-,15-/m0/s1. The van der Waals surface area contributed by atoms with Crippen LogP contribution >= 0.6 is 0 Å². The molecule has 0 radical (unpaired) electrons. The number of esters is 1. The summed E-state index contributed by atoms with van der Waals surface area (Å²) < 4.78 is 5.16. The Hall–Kier alpha value is -2.17. The van der Waals surface area contributed by atoms with Crippen LogP contribution in [0.4, 0.5) is 5.69 Å². The zero-order valence-electron chi connectivity index (χ0n) is 12.3. The van der Waals surface area contributed by atoms with Crippen molar-refractivity contribution in [2.45, 2.75) is 26.2 Å². The largest absolute Gasteiger partial charge is 0.424 e. The molecule has 1 aromatic rings. The normalized spacial score (nSPS) is 32.5. The van der Waals surface area contributed by atoms with E-state index in [9.17, 15) is 14.4 Å². The average molecular weight is 299 g/mol. The molecule has 4 atom stereocenters. The molecule has 2 amide bonds. The Morgan fingerprint density at radius 3 is 2.27 bits per heavy atom. The predicted molar refractivity (Wildman–Crippen MR) is 78.1 cm³/mol. The first-order valence-electron chi connectivity index (χ1n) is 7.73. The van der Waals surface area contributed by atoms with Gasteiger partial charge in [-0.2, -0.15) is 0 Å². The minimum Gasteiger partial charge on any atom is -0.424 e. The van der Waals surface area contributed by atoms with Crippen LogP contribution in [0.25, 0.3) is 0 Å². The van der Waals surface area contributed by atoms with Crippen molar-refractivity contribution in [1.29, 1.82) is 0 Å². The number of carbonyl (C=O) groups excluding carboxylic acids is 3. The van der Waals surface area contributed by atoms with Crippen molar-refractivity contribution in [3.05, 3.63) is 24.3 Å². The highest BCUT2D eigenvalue weighted by Crippen LogP contribution is 2.57. The van der Waals surface area contributed by atoms with Crippen LogP contribution in [0.1, 0.15) is 26.2 Å². The van der Waals surface area contributed by atoms with Crippen LogP contribution in [0.3, 0.4) is 0 Å². The van der Waals surface area contributed by atoms with Gasteiger partial charge < -0.3 is 4.74 Å². The topological polar surface area (TPSA) is 63.7 Å². The molecule has 0 N–H and O–H groups in total. The first kappa shape index (κ1) is 13.5. The summed E-state index contributed by atoms with van der Waals surface area (Å²) in [6.45, 7) is 1.30. The number of nitrogens with zero attached hydrogens (tertiary/aromatic N) is 1. The van der Waals surface area contributed by atoms with E-state index in [1.54, 1.807) is 24.3 Å². The van der Waals surface area contributed by atoms with Crippen molar-refractivity contribution < 1.29 is 19.1 Å². The average Bonchev–Trinajstić information content (AvgIpc) is 3.14. The molecular formula is C17H17NO4. The van der Waals surface area contributed by atoms with Crippen LogP contribution in [0.15, 0.2) is 24.3 Å². The Morgan fingerprint density at radius 1 is 1.09 bits per heavy atom. The number of ether oxygens (including phenoxy) is 1. The lowest BCUT2D eigenvalue weighted by Crippen LogP contribution is -2.33. The molecule has 4 rings (SSSR count).